The van der Waals surface area contributed by atoms with Crippen molar-refractivity contribution in [1.82, 2.24) is 5.32 Å². The highest BCUT2D eigenvalue weighted by atomic mass is 32.2. The largest absolute Gasteiger partial charge is 0.508 e. The van der Waals surface area contributed by atoms with Crippen LogP contribution in [-0.4, -0.2) is 27.2 Å². The Morgan fingerprint density at radius 2 is 1.95 bits per heavy atom. The van der Waals surface area contributed by atoms with Gasteiger partial charge in [0.15, 0.2) is 5.17 Å². The third-order valence-corrected chi connectivity index (χ3v) is 3.91. The zero-order chi connectivity index (χ0) is 14.3. The molecule has 1 unspecified atom stereocenters. The van der Waals surface area contributed by atoms with E-state index in [1.807, 2.05) is 13.2 Å². The third kappa shape index (κ3) is 2.81. The second-order valence-electron chi connectivity index (χ2n) is 5.78. The minimum absolute atomic E-state index is 0.0621. The summed E-state index contributed by atoms with van der Waals surface area (Å²) in [7, 11) is 0. The van der Waals surface area contributed by atoms with Crippen molar-refractivity contribution in [3.05, 3.63) is 23.8 Å². The lowest BCUT2D eigenvalue weighted by atomic mass is 9.79. The van der Waals surface area contributed by atoms with E-state index in [9.17, 15) is 10.2 Å². The van der Waals surface area contributed by atoms with Crippen LogP contribution in [0, 0.1) is 0 Å². The van der Waals surface area contributed by atoms with Crippen molar-refractivity contribution in [1.29, 1.82) is 0 Å². The molecule has 1 heterocycles. The fourth-order valence-electron chi connectivity index (χ4n) is 2.71. The molecule has 2 rings (SSSR count). The van der Waals surface area contributed by atoms with Crippen molar-refractivity contribution < 1.29 is 10.2 Å². The summed E-state index contributed by atoms with van der Waals surface area (Å²) in [6.45, 7) is 6.25. The highest BCUT2D eigenvalue weighted by molar-refractivity contribution is 8.13. The second kappa shape index (κ2) is 4.63. The molecule has 1 aliphatic heterocycles. The number of rotatable bonds is 1. The first-order valence-electron chi connectivity index (χ1n) is 6.20. The van der Waals surface area contributed by atoms with Crippen LogP contribution in [0.5, 0.6) is 11.5 Å². The molecular formula is C14H20N2O2S. The Morgan fingerprint density at radius 3 is 2.53 bits per heavy atom. The lowest BCUT2D eigenvalue weighted by Crippen LogP contribution is -2.51. The molecule has 1 atom stereocenters. The van der Waals surface area contributed by atoms with E-state index in [2.05, 4.69) is 19.2 Å². The molecule has 0 spiro atoms. The van der Waals surface area contributed by atoms with Crippen LogP contribution in [0.25, 0.3) is 0 Å². The number of phenols is 2. The zero-order valence-corrected chi connectivity index (χ0v) is 12.5. The molecule has 19 heavy (non-hydrogen) atoms. The number of phenolic OH excluding ortho intramolecular Hbond substituents is 2. The van der Waals surface area contributed by atoms with Crippen LogP contribution in [-0.2, 0) is 5.54 Å². The third-order valence-electron chi connectivity index (χ3n) is 3.33. The van der Waals surface area contributed by atoms with Gasteiger partial charge >= 0.3 is 0 Å². The number of nitrogens with one attached hydrogen (secondary N) is 1. The Hall–Kier alpha value is -1.36. The standard InChI is InChI=1S/C14H20N2O2S/c1-13(2)8-14(3,16-12(15-13)19-4)10-6-5-9(17)7-11(10)18/h5-7,17-18H,8H2,1-4H3,(H,15,16). The molecule has 1 aliphatic rings. The minimum atomic E-state index is -0.495. The average molecular weight is 280 g/mol. The first-order valence-corrected chi connectivity index (χ1v) is 7.43. The quantitative estimate of drug-likeness (QED) is 0.740. The van der Waals surface area contributed by atoms with Gasteiger partial charge in [0.1, 0.15) is 11.5 Å². The molecule has 0 saturated carbocycles. The molecule has 0 amide bonds. The van der Waals surface area contributed by atoms with Gasteiger partial charge in [-0.15, -0.1) is 0 Å². The van der Waals surface area contributed by atoms with E-state index < -0.39 is 5.54 Å². The first kappa shape index (κ1) is 14.1. The summed E-state index contributed by atoms with van der Waals surface area (Å²) < 4.78 is 0. The highest BCUT2D eigenvalue weighted by Gasteiger charge is 2.40. The highest BCUT2D eigenvalue weighted by Crippen LogP contribution is 2.42. The van der Waals surface area contributed by atoms with Crippen LogP contribution >= 0.6 is 11.8 Å². The SMILES string of the molecule is CSC1=NC(C)(c2ccc(O)cc2O)CC(C)(C)N1. The van der Waals surface area contributed by atoms with E-state index in [4.69, 9.17) is 4.99 Å². The van der Waals surface area contributed by atoms with Gasteiger partial charge in [-0.3, -0.25) is 4.99 Å². The van der Waals surface area contributed by atoms with Crippen molar-refractivity contribution in [3.63, 3.8) is 0 Å². The maximum atomic E-state index is 10.1. The van der Waals surface area contributed by atoms with Crippen LogP contribution in [0.4, 0.5) is 0 Å². The van der Waals surface area contributed by atoms with Crippen LogP contribution < -0.4 is 5.32 Å². The van der Waals surface area contributed by atoms with Gasteiger partial charge in [0.2, 0.25) is 0 Å². The number of nitrogens with zero attached hydrogens (tertiary/aromatic N) is 1. The number of hydrogen-bond acceptors (Lipinski definition) is 5. The molecule has 0 fully saturated rings. The Morgan fingerprint density at radius 1 is 1.26 bits per heavy atom. The van der Waals surface area contributed by atoms with Crippen molar-refractivity contribution in [3.8, 4) is 11.5 Å². The molecule has 0 aliphatic carbocycles. The normalized spacial score (nSPS) is 25.6. The second-order valence-corrected chi connectivity index (χ2v) is 6.58. The van der Waals surface area contributed by atoms with Gasteiger partial charge in [0.05, 0.1) is 5.54 Å². The molecule has 0 saturated heterocycles. The Kier molecular flexibility index (Phi) is 3.43. The number of hydrogen-bond donors (Lipinski definition) is 3. The van der Waals surface area contributed by atoms with Crippen LogP contribution in [0.2, 0.25) is 0 Å². The summed E-state index contributed by atoms with van der Waals surface area (Å²) in [5.74, 6) is 0.150. The fraction of sp³-hybridized carbons (Fsp3) is 0.500. The summed E-state index contributed by atoms with van der Waals surface area (Å²) in [4.78, 5) is 4.72. The van der Waals surface area contributed by atoms with Gasteiger partial charge in [0.25, 0.3) is 0 Å². The molecule has 1 aromatic rings. The Bertz CT molecular complexity index is 528. The van der Waals surface area contributed by atoms with E-state index in [0.29, 0.717) is 0 Å². The zero-order valence-electron chi connectivity index (χ0n) is 11.7. The van der Waals surface area contributed by atoms with Gasteiger partial charge in [-0.05, 0) is 45.6 Å². The maximum absolute atomic E-state index is 10.1. The predicted molar refractivity (Wildman–Crippen MR) is 79.9 cm³/mol. The van der Waals surface area contributed by atoms with Gasteiger partial charge < -0.3 is 15.5 Å². The van der Waals surface area contributed by atoms with Crippen LogP contribution in [0.1, 0.15) is 32.8 Å². The lowest BCUT2D eigenvalue weighted by molar-refractivity contribution is 0.286. The van der Waals surface area contributed by atoms with E-state index in [0.717, 1.165) is 17.2 Å². The van der Waals surface area contributed by atoms with Crippen LogP contribution in [0.3, 0.4) is 0 Å². The summed E-state index contributed by atoms with van der Waals surface area (Å²) in [6, 6.07) is 4.70. The van der Waals surface area contributed by atoms with E-state index in [1.165, 1.54) is 6.07 Å². The van der Waals surface area contributed by atoms with Crippen molar-refractivity contribution >= 4 is 16.9 Å². The van der Waals surface area contributed by atoms with Gasteiger partial charge in [-0.1, -0.05) is 11.8 Å². The molecule has 0 bridgehead atoms. The van der Waals surface area contributed by atoms with E-state index in [-0.39, 0.29) is 17.0 Å². The number of amidine groups is 1. The number of aliphatic imine (C=N–C) groups is 1. The molecule has 5 heteroatoms. The predicted octanol–water partition coefficient (Wildman–Crippen LogP) is 2.80. The molecule has 4 nitrogen and oxygen atoms in total. The molecule has 1 aromatic carbocycles. The topological polar surface area (TPSA) is 64.9 Å². The monoisotopic (exact) mass is 280 g/mol. The summed E-state index contributed by atoms with van der Waals surface area (Å²) in [5, 5.41) is 23.7. The first-order chi connectivity index (χ1) is 8.76. The van der Waals surface area contributed by atoms with Crippen molar-refractivity contribution in [2.24, 2.45) is 4.99 Å². The molecule has 0 aromatic heterocycles. The van der Waals surface area contributed by atoms with Crippen LogP contribution in [0.15, 0.2) is 23.2 Å². The average Bonchev–Trinajstić information content (AvgIpc) is 2.25. The van der Waals surface area contributed by atoms with Gasteiger partial charge in [0, 0.05) is 17.2 Å². The molecule has 104 valence electrons. The number of thioether (sulfide) groups is 1. The molecular weight excluding hydrogens is 260 g/mol. The summed E-state index contributed by atoms with van der Waals surface area (Å²) >= 11 is 1.56. The number of benzene rings is 1. The fourth-order valence-corrected chi connectivity index (χ4v) is 3.38. The van der Waals surface area contributed by atoms with Crippen molar-refractivity contribution in [2.45, 2.75) is 38.3 Å². The van der Waals surface area contributed by atoms with Crippen molar-refractivity contribution in [2.75, 3.05) is 6.26 Å². The Labute approximate surface area is 118 Å². The van der Waals surface area contributed by atoms with E-state index >= 15 is 0 Å². The Balaban J connectivity index is 2.51. The van der Waals surface area contributed by atoms with E-state index in [1.54, 1.807) is 23.9 Å². The summed E-state index contributed by atoms with van der Waals surface area (Å²) in [6.07, 6.45) is 2.74. The smallest absolute Gasteiger partial charge is 0.157 e. The molecule has 0 radical (unpaired) electrons. The van der Waals surface area contributed by atoms with Gasteiger partial charge in [-0.25, -0.2) is 0 Å². The van der Waals surface area contributed by atoms with Gasteiger partial charge in [-0.2, -0.15) is 0 Å². The summed E-state index contributed by atoms with van der Waals surface area (Å²) in [5.41, 5.74) is 0.149. The maximum Gasteiger partial charge on any atom is 0.157 e. The lowest BCUT2D eigenvalue weighted by Gasteiger charge is -2.41. The minimum Gasteiger partial charge on any atom is -0.508 e. The number of aromatic hydroxyl groups is 2. The molecule has 3 N–H and O–H groups in total.